The summed E-state index contributed by atoms with van der Waals surface area (Å²) in [7, 11) is 0. The predicted octanol–water partition coefficient (Wildman–Crippen LogP) is 4.30. The summed E-state index contributed by atoms with van der Waals surface area (Å²) in [6.45, 7) is 1.34. The lowest BCUT2D eigenvalue weighted by molar-refractivity contribution is -0.139. The Bertz CT molecular complexity index is 1220. The van der Waals surface area contributed by atoms with Gasteiger partial charge >= 0.3 is 0 Å². The van der Waals surface area contributed by atoms with Crippen LogP contribution in [-0.4, -0.2) is 64.1 Å². The largest absolute Gasteiger partial charge is 0.482 e. The van der Waals surface area contributed by atoms with Crippen LogP contribution in [0, 0.1) is 3.57 Å². The second-order valence-electron chi connectivity index (χ2n) is 9.26. The summed E-state index contributed by atoms with van der Waals surface area (Å²) in [6, 6.07) is 11.4. The van der Waals surface area contributed by atoms with Crippen molar-refractivity contribution in [1.82, 2.24) is 10.2 Å². The number of halogens is 3. The van der Waals surface area contributed by atoms with Crippen LogP contribution < -0.4 is 10.1 Å². The maximum Gasteiger partial charge on any atom is 0.247 e. The average Bonchev–Trinajstić information content (AvgIpc) is 2.89. The number of amides is 2. The number of ether oxygens (including phenoxy) is 1. The summed E-state index contributed by atoms with van der Waals surface area (Å²) in [5.74, 6) is -0.221. The number of aliphatic hydroxyl groups is 2. The number of ketones is 1. The monoisotopic (exact) mass is 688 g/mol. The summed E-state index contributed by atoms with van der Waals surface area (Å²) >= 11 is 14.6. The molecule has 3 rings (SSSR count). The second-order valence-corrected chi connectivity index (χ2v) is 11.3. The molecule has 1 aliphatic carbocycles. The Labute approximate surface area is 251 Å². The molecule has 0 bridgehead atoms. The summed E-state index contributed by atoms with van der Waals surface area (Å²) in [6.07, 6.45) is 0.163. The van der Waals surface area contributed by atoms with Crippen LogP contribution in [0.1, 0.15) is 38.2 Å². The van der Waals surface area contributed by atoms with E-state index in [1.54, 1.807) is 36.4 Å². The molecule has 0 radical (unpaired) electrons. The van der Waals surface area contributed by atoms with Gasteiger partial charge in [0.05, 0.1) is 16.2 Å². The summed E-state index contributed by atoms with van der Waals surface area (Å²) in [5, 5.41) is 24.2. The fourth-order valence-corrected chi connectivity index (χ4v) is 5.31. The van der Waals surface area contributed by atoms with Gasteiger partial charge in [0.15, 0.2) is 0 Å². The van der Waals surface area contributed by atoms with Gasteiger partial charge in [-0.3, -0.25) is 9.59 Å². The van der Waals surface area contributed by atoms with Crippen molar-refractivity contribution in [2.24, 2.45) is 0 Å². The van der Waals surface area contributed by atoms with Crippen molar-refractivity contribution in [2.45, 2.75) is 57.4 Å². The Hall–Kier alpha value is -2.18. The van der Waals surface area contributed by atoms with Crippen LogP contribution in [0.4, 0.5) is 0 Å². The van der Waals surface area contributed by atoms with Gasteiger partial charge in [-0.15, -0.1) is 0 Å². The van der Waals surface area contributed by atoms with Gasteiger partial charge in [0.2, 0.25) is 11.8 Å². The van der Waals surface area contributed by atoms with E-state index in [2.05, 4.69) is 27.9 Å². The lowest BCUT2D eigenvalue weighted by Crippen LogP contribution is -2.54. The van der Waals surface area contributed by atoms with E-state index in [4.69, 9.17) is 27.9 Å². The first-order valence-corrected chi connectivity index (χ1v) is 14.4. The fourth-order valence-electron chi connectivity index (χ4n) is 4.32. The van der Waals surface area contributed by atoms with Crippen LogP contribution in [0.3, 0.4) is 0 Å². The number of benzene rings is 2. The van der Waals surface area contributed by atoms with E-state index in [-0.39, 0.29) is 50.6 Å². The van der Waals surface area contributed by atoms with Crippen molar-refractivity contribution < 1.29 is 29.3 Å². The van der Waals surface area contributed by atoms with E-state index >= 15 is 0 Å². The number of aliphatic hydroxyl groups excluding tert-OH is 2. The highest BCUT2D eigenvalue weighted by atomic mass is 127. The standard InChI is InChI=1S/C28H31Cl2IN2O6/c1-17(35)5-4-8-26(36)33(16-18-9-10-20(29)15-21(18)30)23-13-19(28(38)32-11-12-34)14-25(27(23)37)39-24-7-3-2-6-22(24)31/h2-3,6-7,9-10,14-15,23,25,27,34,37H,4-5,8,11-13,16H2,1H3,(H,32,38)/t23-,25+,27+/m1/s1. The third-order valence-corrected chi connectivity index (χ3v) is 7.79. The number of nitrogens with one attached hydrogen (secondary N) is 1. The molecule has 0 aromatic heterocycles. The van der Waals surface area contributed by atoms with Crippen LogP contribution in [0.15, 0.2) is 54.1 Å². The van der Waals surface area contributed by atoms with Crippen molar-refractivity contribution in [3.05, 3.63) is 73.3 Å². The topological polar surface area (TPSA) is 116 Å². The van der Waals surface area contributed by atoms with Crippen LogP contribution in [0.2, 0.25) is 10.0 Å². The Balaban J connectivity index is 1.98. The van der Waals surface area contributed by atoms with Crippen molar-refractivity contribution in [3.63, 3.8) is 0 Å². The molecule has 0 aliphatic heterocycles. The quantitative estimate of drug-likeness (QED) is 0.287. The van der Waals surface area contributed by atoms with Crippen LogP contribution in [0.25, 0.3) is 0 Å². The SMILES string of the molecule is CC(=O)CCCC(=O)N(Cc1ccc(Cl)cc1Cl)[C@@H]1CC(C(=O)NCCO)=C[C@H](Oc2ccccc2I)[C@H]1O. The zero-order chi connectivity index (χ0) is 28.5. The van der Waals surface area contributed by atoms with Crippen molar-refractivity contribution in [3.8, 4) is 5.75 Å². The van der Waals surface area contributed by atoms with Crippen LogP contribution in [-0.2, 0) is 20.9 Å². The molecule has 3 atom stereocenters. The smallest absolute Gasteiger partial charge is 0.247 e. The molecular weight excluding hydrogens is 658 g/mol. The highest BCUT2D eigenvalue weighted by Gasteiger charge is 2.40. The molecule has 2 amide bonds. The zero-order valence-corrected chi connectivity index (χ0v) is 25.1. The number of rotatable bonds is 12. The van der Waals surface area contributed by atoms with E-state index in [1.807, 2.05) is 12.1 Å². The molecule has 0 saturated heterocycles. The molecule has 39 heavy (non-hydrogen) atoms. The highest BCUT2D eigenvalue weighted by Crippen LogP contribution is 2.32. The molecule has 0 unspecified atom stereocenters. The van der Waals surface area contributed by atoms with Crippen LogP contribution in [0.5, 0.6) is 5.75 Å². The molecule has 0 spiro atoms. The summed E-state index contributed by atoms with van der Waals surface area (Å²) in [4.78, 5) is 39.5. The minimum absolute atomic E-state index is 0.0236. The molecule has 0 fully saturated rings. The molecule has 1 aliphatic rings. The number of hydrogen-bond donors (Lipinski definition) is 3. The van der Waals surface area contributed by atoms with Gasteiger partial charge in [-0.25, -0.2) is 0 Å². The third kappa shape index (κ3) is 8.91. The number of nitrogens with zero attached hydrogens (tertiary/aromatic N) is 1. The second kappa shape index (κ2) is 15.0. The van der Waals surface area contributed by atoms with Gasteiger partial charge in [0.1, 0.15) is 23.7 Å². The number of para-hydroxylation sites is 1. The molecule has 2 aromatic carbocycles. The van der Waals surface area contributed by atoms with E-state index in [0.29, 0.717) is 33.4 Å². The van der Waals surface area contributed by atoms with Gasteiger partial charge in [0, 0.05) is 48.0 Å². The highest BCUT2D eigenvalue weighted by molar-refractivity contribution is 14.1. The van der Waals surface area contributed by atoms with Crippen molar-refractivity contribution in [1.29, 1.82) is 0 Å². The van der Waals surface area contributed by atoms with Gasteiger partial charge in [-0.1, -0.05) is 41.4 Å². The predicted molar refractivity (Wildman–Crippen MR) is 158 cm³/mol. The first-order chi connectivity index (χ1) is 18.6. The molecule has 0 saturated carbocycles. The van der Waals surface area contributed by atoms with E-state index in [0.717, 1.165) is 3.57 Å². The van der Waals surface area contributed by atoms with Gasteiger partial charge < -0.3 is 30.0 Å². The van der Waals surface area contributed by atoms with E-state index < -0.39 is 24.2 Å². The minimum Gasteiger partial charge on any atom is -0.482 e. The molecule has 2 aromatic rings. The maximum atomic E-state index is 13.6. The first-order valence-electron chi connectivity index (χ1n) is 12.5. The number of carbonyl (C=O) groups is 3. The maximum absolute atomic E-state index is 13.6. The number of Topliss-reactive ketones (excluding diaryl/α,β-unsaturated/α-hetero) is 1. The molecule has 3 N–H and O–H groups in total. The molecule has 210 valence electrons. The van der Waals surface area contributed by atoms with Gasteiger partial charge in [-0.05, 0) is 71.8 Å². The Morgan fingerprint density at radius 2 is 1.90 bits per heavy atom. The van der Waals surface area contributed by atoms with E-state index in [9.17, 15) is 24.6 Å². The number of hydrogen-bond acceptors (Lipinski definition) is 6. The number of carbonyl (C=O) groups excluding carboxylic acids is 3. The first kappa shape index (κ1) is 31.3. The zero-order valence-electron chi connectivity index (χ0n) is 21.4. The van der Waals surface area contributed by atoms with Gasteiger partial charge in [-0.2, -0.15) is 0 Å². The van der Waals surface area contributed by atoms with E-state index in [1.165, 1.54) is 11.8 Å². The van der Waals surface area contributed by atoms with Crippen molar-refractivity contribution in [2.75, 3.05) is 13.2 Å². The fraction of sp³-hybridized carbons (Fsp3) is 0.393. The average molecular weight is 689 g/mol. The lowest BCUT2D eigenvalue weighted by Gasteiger charge is -2.41. The third-order valence-electron chi connectivity index (χ3n) is 6.31. The Morgan fingerprint density at radius 1 is 1.15 bits per heavy atom. The minimum atomic E-state index is -1.18. The summed E-state index contributed by atoms with van der Waals surface area (Å²) in [5.41, 5.74) is 0.933. The molecular formula is C28H31Cl2IN2O6. The Morgan fingerprint density at radius 3 is 2.56 bits per heavy atom. The molecule has 0 heterocycles. The van der Waals surface area contributed by atoms with Gasteiger partial charge in [0.25, 0.3) is 0 Å². The summed E-state index contributed by atoms with van der Waals surface area (Å²) < 4.78 is 6.97. The lowest BCUT2D eigenvalue weighted by atomic mass is 9.87. The Kier molecular flexibility index (Phi) is 12.1. The molecule has 8 nitrogen and oxygen atoms in total. The normalized spacial score (nSPS) is 18.7. The molecule has 11 heteroatoms. The van der Waals surface area contributed by atoms with Crippen molar-refractivity contribution >= 4 is 63.4 Å². The van der Waals surface area contributed by atoms with Crippen LogP contribution >= 0.6 is 45.8 Å².